The number of hydrogen-bond acceptors (Lipinski definition) is 5. The van der Waals surface area contributed by atoms with Crippen molar-refractivity contribution >= 4 is 17.6 Å². The van der Waals surface area contributed by atoms with E-state index in [0.717, 1.165) is 25.8 Å². The molecule has 1 fully saturated rings. The summed E-state index contributed by atoms with van der Waals surface area (Å²) in [4.78, 5) is 29.9. The van der Waals surface area contributed by atoms with Crippen molar-refractivity contribution in [1.82, 2.24) is 15.2 Å². The average molecular weight is 364 g/mol. The molecular weight excluding hydrogens is 336 g/mol. The number of hydrogen-bond donors (Lipinski definition) is 2. The summed E-state index contributed by atoms with van der Waals surface area (Å²) < 4.78 is 10.3. The van der Waals surface area contributed by atoms with Crippen molar-refractivity contribution in [2.24, 2.45) is 0 Å². The molecule has 1 saturated heterocycles. The van der Waals surface area contributed by atoms with Crippen LogP contribution in [0.2, 0.25) is 0 Å². The van der Waals surface area contributed by atoms with Gasteiger partial charge in [-0.15, -0.1) is 0 Å². The summed E-state index contributed by atoms with van der Waals surface area (Å²) >= 11 is 0. The number of pyridine rings is 1. The highest BCUT2D eigenvalue weighted by Gasteiger charge is 2.26. The molecule has 3 amide bonds. The first-order valence-corrected chi connectivity index (χ1v) is 9.06. The Balaban J connectivity index is 1.70. The third-order valence-corrected chi connectivity index (χ3v) is 4.32. The number of likely N-dealkylation sites (tertiary alicyclic amines) is 1. The van der Waals surface area contributed by atoms with E-state index in [1.54, 1.807) is 25.4 Å². The third kappa shape index (κ3) is 6.18. The standard InChI is InChI=1S/C18H28N4O4/c1-3-15(22-10-4-5-17(22)23)8-9-19-18(24)21-14-6-7-16(20-13-14)26-12-11-25-2/h6-7,13,15H,3-5,8-12H2,1-2H3,(H2,19,21,24)/t15-/m1/s1. The van der Waals surface area contributed by atoms with E-state index in [9.17, 15) is 9.59 Å². The van der Waals surface area contributed by atoms with Gasteiger partial charge in [0.25, 0.3) is 0 Å². The summed E-state index contributed by atoms with van der Waals surface area (Å²) in [7, 11) is 1.61. The van der Waals surface area contributed by atoms with Gasteiger partial charge in [0.15, 0.2) is 0 Å². The fourth-order valence-electron chi connectivity index (χ4n) is 2.93. The molecule has 2 N–H and O–H groups in total. The number of ether oxygens (including phenoxy) is 2. The van der Waals surface area contributed by atoms with E-state index in [1.165, 1.54) is 0 Å². The molecule has 0 spiro atoms. The van der Waals surface area contributed by atoms with Crippen LogP contribution in [0.15, 0.2) is 18.3 Å². The number of aromatic nitrogens is 1. The molecule has 1 aliphatic heterocycles. The van der Waals surface area contributed by atoms with Crippen molar-refractivity contribution in [3.05, 3.63) is 18.3 Å². The van der Waals surface area contributed by atoms with Gasteiger partial charge in [0.2, 0.25) is 11.8 Å². The molecule has 8 nitrogen and oxygen atoms in total. The Morgan fingerprint density at radius 1 is 1.38 bits per heavy atom. The molecule has 2 rings (SSSR count). The normalized spacial score (nSPS) is 15.0. The van der Waals surface area contributed by atoms with Crippen LogP contribution in [0.5, 0.6) is 5.88 Å². The first kappa shape index (κ1) is 20.0. The Morgan fingerprint density at radius 3 is 2.85 bits per heavy atom. The Labute approximate surface area is 154 Å². The van der Waals surface area contributed by atoms with Gasteiger partial charge in [0.1, 0.15) is 6.61 Å². The Bertz CT molecular complexity index is 579. The summed E-state index contributed by atoms with van der Waals surface area (Å²) in [5, 5.41) is 5.56. The van der Waals surface area contributed by atoms with Gasteiger partial charge in [-0.1, -0.05) is 6.92 Å². The van der Waals surface area contributed by atoms with Crippen LogP contribution in [0.25, 0.3) is 0 Å². The SMILES string of the molecule is CC[C@H](CCNC(=O)Nc1ccc(OCCOC)nc1)N1CCCC1=O. The van der Waals surface area contributed by atoms with E-state index in [1.807, 2.05) is 4.90 Å². The van der Waals surface area contributed by atoms with Crippen molar-refractivity contribution in [1.29, 1.82) is 0 Å². The molecule has 0 bridgehead atoms. The molecule has 26 heavy (non-hydrogen) atoms. The van der Waals surface area contributed by atoms with Crippen molar-refractivity contribution in [3.8, 4) is 5.88 Å². The van der Waals surface area contributed by atoms with E-state index in [-0.39, 0.29) is 18.0 Å². The van der Waals surface area contributed by atoms with Crippen molar-refractivity contribution in [2.75, 3.05) is 38.7 Å². The van der Waals surface area contributed by atoms with Crippen LogP contribution in [0.3, 0.4) is 0 Å². The van der Waals surface area contributed by atoms with Gasteiger partial charge >= 0.3 is 6.03 Å². The zero-order valence-corrected chi connectivity index (χ0v) is 15.5. The second kappa shape index (κ2) is 10.6. The average Bonchev–Trinajstić information content (AvgIpc) is 3.06. The molecule has 0 saturated carbocycles. The van der Waals surface area contributed by atoms with Gasteiger partial charge in [-0.05, 0) is 25.3 Å². The van der Waals surface area contributed by atoms with Crippen LogP contribution in [0, 0.1) is 0 Å². The number of nitrogens with one attached hydrogen (secondary N) is 2. The fraction of sp³-hybridized carbons (Fsp3) is 0.611. The van der Waals surface area contributed by atoms with Gasteiger partial charge in [0.05, 0.1) is 18.5 Å². The van der Waals surface area contributed by atoms with Crippen molar-refractivity contribution < 1.29 is 19.1 Å². The molecule has 1 aromatic rings. The predicted octanol–water partition coefficient (Wildman–Crippen LogP) is 2.02. The van der Waals surface area contributed by atoms with Gasteiger partial charge in [0, 0.05) is 38.7 Å². The van der Waals surface area contributed by atoms with Gasteiger partial charge in [-0.3, -0.25) is 4.79 Å². The molecule has 1 atom stereocenters. The molecular formula is C18H28N4O4. The molecule has 2 heterocycles. The Hall–Kier alpha value is -2.35. The van der Waals surface area contributed by atoms with Crippen LogP contribution < -0.4 is 15.4 Å². The smallest absolute Gasteiger partial charge is 0.319 e. The fourth-order valence-corrected chi connectivity index (χ4v) is 2.93. The van der Waals surface area contributed by atoms with Crippen molar-refractivity contribution in [2.45, 2.75) is 38.6 Å². The van der Waals surface area contributed by atoms with Crippen LogP contribution in [0.4, 0.5) is 10.5 Å². The van der Waals surface area contributed by atoms with E-state index in [4.69, 9.17) is 9.47 Å². The molecule has 1 aromatic heterocycles. The summed E-state index contributed by atoms with van der Waals surface area (Å²) in [6, 6.07) is 3.32. The van der Waals surface area contributed by atoms with E-state index < -0.39 is 0 Å². The maximum absolute atomic E-state index is 12.0. The number of carbonyl (C=O) groups is 2. The number of nitrogens with zero attached hydrogens (tertiary/aromatic N) is 2. The van der Waals surface area contributed by atoms with E-state index in [0.29, 0.717) is 37.7 Å². The maximum atomic E-state index is 12.0. The monoisotopic (exact) mass is 364 g/mol. The van der Waals surface area contributed by atoms with Crippen LogP contribution in [0.1, 0.15) is 32.6 Å². The molecule has 1 aliphatic rings. The highest BCUT2D eigenvalue weighted by Crippen LogP contribution is 2.17. The van der Waals surface area contributed by atoms with Gasteiger partial charge < -0.3 is 25.0 Å². The Kier molecular flexibility index (Phi) is 8.14. The van der Waals surface area contributed by atoms with E-state index >= 15 is 0 Å². The highest BCUT2D eigenvalue weighted by atomic mass is 16.5. The molecule has 8 heteroatoms. The summed E-state index contributed by atoms with van der Waals surface area (Å²) in [5.74, 6) is 0.703. The number of urea groups is 1. The lowest BCUT2D eigenvalue weighted by molar-refractivity contribution is -0.129. The number of rotatable bonds is 10. The van der Waals surface area contributed by atoms with Crippen LogP contribution in [-0.2, 0) is 9.53 Å². The highest BCUT2D eigenvalue weighted by molar-refractivity contribution is 5.89. The predicted molar refractivity (Wildman–Crippen MR) is 98.3 cm³/mol. The van der Waals surface area contributed by atoms with Crippen molar-refractivity contribution in [3.63, 3.8) is 0 Å². The minimum Gasteiger partial charge on any atom is -0.475 e. The largest absolute Gasteiger partial charge is 0.475 e. The maximum Gasteiger partial charge on any atom is 0.319 e. The molecule has 0 unspecified atom stereocenters. The number of amides is 3. The number of methoxy groups -OCH3 is 1. The lowest BCUT2D eigenvalue weighted by atomic mass is 10.1. The third-order valence-electron chi connectivity index (χ3n) is 4.32. The molecule has 0 radical (unpaired) electrons. The second-order valence-corrected chi connectivity index (χ2v) is 6.15. The summed E-state index contributed by atoms with van der Waals surface area (Å²) in [5.41, 5.74) is 0.586. The zero-order chi connectivity index (χ0) is 18.8. The van der Waals surface area contributed by atoms with E-state index in [2.05, 4.69) is 22.5 Å². The van der Waals surface area contributed by atoms with Crippen LogP contribution in [-0.4, -0.2) is 61.3 Å². The Morgan fingerprint density at radius 2 is 2.23 bits per heavy atom. The topological polar surface area (TPSA) is 92.8 Å². The lowest BCUT2D eigenvalue weighted by Gasteiger charge is -2.26. The summed E-state index contributed by atoms with van der Waals surface area (Å²) in [6.45, 7) is 4.33. The molecule has 144 valence electrons. The van der Waals surface area contributed by atoms with Gasteiger partial charge in [-0.2, -0.15) is 0 Å². The number of anilines is 1. The first-order valence-electron chi connectivity index (χ1n) is 9.06. The minimum absolute atomic E-state index is 0.190. The lowest BCUT2D eigenvalue weighted by Crippen LogP contribution is -2.39. The quantitative estimate of drug-likeness (QED) is 0.620. The summed E-state index contributed by atoms with van der Waals surface area (Å²) in [6.07, 6.45) is 4.76. The minimum atomic E-state index is -0.289. The van der Waals surface area contributed by atoms with Crippen LogP contribution >= 0.6 is 0 Å². The second-order valence-electron chi connectivity index (χ2n) is 6.15. The number of carbonyl (C=O) groups excluding carboxylic acids is 2. The molecule has 0 aromatic carbocycles. The van der Waals surface area contributed by atoms with Gasteiger partial charge in [-0.25, -0.2) is 9.78 Å². The first-order chi connectivity index (χ1) is 12.6. The zero-order valence-electron chi connectivity index (χ0n) is 15.5. The molecule has 0 aliphatic carbocycles.